The SMILES string of the molecule is CCCNc1ncc(Cl)c(SCc2ccccc2)n1. The first-order chi connectivity index (χ1) is 9.29. The van der Waals surface area contributed by atoms with Crippen molar-refractivity contribution in [3.05, 3.63) is 47.1 Å². The minimum Gasteiger partial charge on any atom is -0.354 e. The highest BCUT2D eigenvalue weighted by Gasteiger charge is 2.06. The fraction of sp³-hybridized carbons (Fsp3) is 0.286. The summed E-state index contributed by atoms with van der Waals surface area (Å²) in [7, 11) is 0. The molecule has 0 amide bonds. The highest BCUT2D eigenvalue weighted by molar-refractivity contribution is 7.98. The lowest BCUT2D eigenvalue weighted by Gasteiger charge is -2.07. The molecule has 0 aliphatic heterocycles. The zero-order chi connectivity index (χ0) is 13.5. The summed E-state index contributed by atoms with van der Waals surface area (Å²) < 4.78 is 0. The third kappa shape index (κ3) is 4.40. The van der Waals surface area contributed by atoms with Crippen LogP contribution in [0.5, 0.6) is 0 Å². The Morgan fingerprint density at radius 1 is 1.26 bits per heavy atom. The fourth-order valence-corrected chi connectivity index (χ4v) is 2.59. The van der Waals surface area contributed by atoms with E-state index in [1.165, 1.54) is 5.56 Å². The molecule has 2 rings (SSSR count). The number of nitrogens with zero attached hydrogens (tertiary/aromatic N) is 2. The van der Waals surface area contributed by atoms with Crippen LogP contribution in [0.15, 0.2) is 41.6 Å². The average Bonchev–Trinajstić information content (AvgIpc) is 2.46. The number of hydrogen-bond donors (Lipinski definition) is 1. The first kappa shape index (κ1) is 14.2. The number of anilines is 1. The lowest BCUT2D eigenvalue weighted by Crippen LogP contribution is -2.04. The van der Waals surface area contributed by atoms with E-state index < -0.39 is 0 Å². The molecule has 0 atom stereocenters. The summed E-state index contributed by atoms with van der Waals surface area (Å²) in [5.41, 5.74) is 1.25. The smallest absolute Gasteiger partial charge is 0.223 e. The van der Waals surface area contributed by atoms with Crippen LogP contribution in [-0.2, 0) is 5.75 Å². The number of aromatic nitrogens is 2. The average molecular weight is 294 g/mol. The van der Waals surface area contributed by atoms with Gasteiger partial charge in [0.05, 0.1) is 11.2 Å². The molecule has 100 valence electrons. The van der Waals surface area contributed by atoms with Crippen LogP contribution >= 0.6 is 23.4 Å². The van der Waals surface area contributed by atoms with Gasteiger partial charge in [0.2, 0.25) is 5.95 Å². The van der Waals surface area contributed by atoms with Gasteiger partial charge in [0, 0.05) is 12.3 Å². The van der Waals surface area contributed by atoms with Crippen LogP contribution in [0.25, 0.3) is 0 Å². The van der Waals surface area contributed by atoms with Crippen LogP contribution < -0.4 is 5.32 Å². The Kier molecular flexibility index (Phi) is 5.48. The Bertz CT molecular complexity index is 519. The van der Waals surface area contributed by atoms with Crippen molar-refractivity contribution in [2.45, 2.75) is 24.1 Å². The van der Waals surface area contributed by atoms with Crippen molar-refractivity contribution >= 4 is 29.3 Å². The van der Waals surface area contributed by atoms with Crippen LogP contribution in [0.1, 0.15) is 18.9 Å². The van der Waals surface area contributed by atoms with Crippen LogP contribution in [0, 0.1) is 0 Å². The maximum atomic E-state index is 6.12. The van der Waals surface area contributed by atoms with Gasteiger partial charge in [0.25, 0.3) is 0 Å². The number of hydrogen-bond acceptors (Lipinski definition) is 4. The van der Waals surface area contributed by atoms with Crippen LogP contribution in [0.2, 0.25) is 5.02 Å². The van der Waals surface area contributed by atoms with Gasteiger partial charge in [-0.3, -0.25) is 0 Å². The van der Waals surface area contributed by atoms with Crippen LogP contribution in [0.4, 0.5) is 5.95 Å². The summed E-state index contributed by atoms with van der Waals surface area (Å²) >= 11 is 7.75. The van der Waals surface area contributed by atoms with E-state index in [2.05, 4.69) is 34.3 Å². The number of halogens is 1. The van der Waals surface area contributed by atoms with E-state index in [9.17, 15) is 0 Å². The monoisotopic (exact) mass is 293 g/mol. The highest BCUT2D eigenvalue weighted by atomic mass is 35.5. The largest absolute Gasteiger partial charge is 0.354 e. The molecule has 1 N–H and O–H groups in total. The van der Waals surface area contributed by atoms with Crippen molar-refractivity contribution in [2.24, 2.45) is 0 Å². The zero-order valence-electron chi connectivity index (χ0n) is 10.8. The lowest BCUT2D eigenvalue weighted by atomic mass is 10.2. The lowest BCUT2D eigenvalue weighted by molar-refractivity contribution is 0.935. The zero-order valence-corrected chi connectivity index (χ0v) is 12.3. The normalized spacial score (nSPS) is 10.4. The Hall–Kier alpha value is -1.26. The summed E-state index contributed by atoms with van der Waals surface area (Å²) in [6, 6.07) is 10.3. The summed E-state index contributed by atoms with van der Waals surface area (Å²) in [6.07, 6.45) is 2.69. The molecular formula is C14H16ClN3S. The minimum absolute atomic E-state index is 0.600. The Morgan fingerprint density at radius 3 is 2.79 bits per heavy atom. The summed E-state index contributed by atoms with van der Waals surface area (Å²) in [6.45, 7) is 2.97. The van der Waals surface area contributed by atoms with Crippen LogP contribution in [-0.4, -0.2) is 16.5 Å². The molecule has 0 saturated heterocycles. The molecule has 3 nitrogen and oxygen atoms in total. The first-order valence-electron chi connectivity index (χ1n) is 6.22. The molecule has 0 unspecified atom stereocenters. The van der Waals surface area contributed by atoms with E-state index in [1.54, 1.807) is 18.0 Å². The van der Waals surface area contributed by atoms with E-state index in [4.69, 9.17) is 11.6 Å². The van der Waals surface area contributed by atoms with Gasteiger partial charge in [-0.1, -0.05) is 60.6 Å². The molecule has 0 aliphatic carbocycles. The fourth-order valence-electron chi connectivity index (χ4n) is 1.50. The van der Waals surface area contributed by atoms with Gasteiger partial charge in [-0.25, -0.2) is 9.97 Å². The van der Waals surface area contributed by atoms with E-state index >= 15 is 0 Å². The highest BCUT2D eigenvalue weighted by Crippen LogP contribution is 2.28. The number of benzene rings is 1. The first-order valence-corrected chi connectivity index (χ1v) is 7.59. The Labute approximate surface area is 122 Å². The van der Waals surface area contributed by atoms with Crippen molar-refractivity contribution in [3.8, 4) is 0 Å². The molecule has 0 fully saturated rings. The van der Waals surface area contributed by atoms with Crippen molar-refractivity contribution in [1.82, 2.24) is 9.97 Å². The van der Waals surface area contributed by atoms with Gasteiger partial charge in [0.15, 0.2) is 0 Å². The van der Waals surface area contributed by atoms with Crippen LogP contribution in [0.3, 0.4) is 0 Å². The quantitative estimate of drug-likeness (QED) is 0.638. The molecular weight excluding hydrogens is 278 g/mol. The molecule has 1 heterocycles. The Morgan fingerprint density at radius 2 is 2.05 bits per heavy atom. The molecule has 1 aromatic carbocycles. The summed E-state index contributed by atoms with van der Waals surface area (Å²) in [4.78, 5) is 8.60. The number of rotatable bonds is 6. The molecule has 0 saturated carbocycles. The van der Waals surface area contributed by atoms with Gasteiger partial charge in [0.1, 0.15) is 5.03 Å². The third-order valence-corrected chi connectivity index (χ3v) is 3.91. The van der Waals surface area contributed by atoms with Gasteiger partial charge >= 0.3 is 0 Å². The van der Waals surface area contributed by atoms with Gasteiger partial charge < -0.3 is 5.32 Å². The molecule has 0 spiro atoms. The number of nitrogens with one attached hydrogen (secondary N) is 1. The molecule has 1 aromatic heterocycles. The maximum Gasteiger partial charge on any atom is 0.223 e. The molecule has 0 radical (unpaired) electrons. The maximum absolute atomic E-state index is 6.12. The second-order valence-corrected chi connectivity index (χ2v) is 5.42. The second kappa shape index (κ2) is 7.36. The summed E-state index contributed by atoms with van der Waals surface area (Å²) in [5.74, 6) is 1.49. The van der Waals surface area contributed by atoms with E-state index in [-0.39, 0.29) is 0 Å². The standard InChI is InChI=1S/C14H16ClN3S/c1-2-8-16-14-17-9-12(15)13(18-14)19-10-11-6-4-3-5-7-11/h3-7,9H,2,8,10H2,1H3,(H,16,17,18). The topological polar surface area (TPSA) is 37.8 Å². The van der Waals surface area contributed by atoms with E-state index in [0.29, 0.717) is 11.0 Å². The predicted molar refractivity (Wildman–Crippen MR) is 81.8 cm³/mol. The molecule has 0 bridgehead atoms. The Balaban J connectivity index is 2.02. The molecule has 0 aliphatic rings. The van der Waals surface area contributed by atoms with Gasteiger partial charge in [-0.2, -0.15) is 0 Å². The molecule has 19 heavy (non-hydrogen) atoms. The molecule has 2 aromatic rings. The van der Waals surface area contributed by atoms with E-state index in [0.717, 1.165) is 23.7 Å². The minimum atomic E-state index is 0.600. The number of thioether (sulfide) groups is 1. The van der Waals surface area contributed by atoms with E-state index in [1.807, 2.05) is 18.2 Å². The van der Waals surface area contributed by atoms with Gasteiger partial charge in [-0.05, 0) is 12.0 Å². The predicted octanol–water partition coefficient (Wildman–Crippen LogP) is 4.24. The van der Waals surface area contributed by atoms with Gasteiger partial charge in [-0.15, -0.1) is 0 Å². The third-order valence-electron chi connectivity index (χ3n) is 2.46. The van der Waals surface area contributed by atoms with Crippen molar-refractivity contribution in [2.75, 3.05) is 11.9 Å². The van der Waals surface area contributed by atoms with Crippen molar-refractivity contribution < 1.29 is 0 Å². The molecule has 5 heteroatoms. The van der Waals surface area contributed by atoms with Crippen molar-refractivity contribution in [3.63, 3.8) is 0 Å². The second-order valence-electron chi connectivity index (χ2n) is 4.05. The van der Waals surface area contributed by atoms with Crippen molar-refractivity contribution in [1.29, 1.82) is 0 Å². The summed E-state index contributed by atoms with van der Waals surface area (Å²) in [5, 5.41) is 4.58.